The first-order valence-corrected chi connectivity index (χ1v) is 8.95. The molecule has 0 spiro atoms. The van der Waals surface area contributed by atoms with Crippen molar-refractivity contribution in [3.8, 4) is 0 Å². The number of carbonyl (C=O) groups is 1. The second-order valence-electron chi connectivity index (χ2n) is 6.78. The molecule has 2 aromatic carbocycles. The zero-order valence-electron chi connectivity index (χ0n) is 15.0. The first-order chi connectivity index (χ1) is 13.3. The van der Waals surface area contributed by atoms with E-state index in [4.69, 9.17) is 0 Å². The van der Waals surface area contributed by atoms with Gasteiger partial charge in [-0.25, -0.2) is 4.39 Å². The predicted molar refractivity (Wildman–Crippen MR) is 100 cm³/mol. The average Bonchev–Trinajstić information content (AvgIpc) is 3.14. The standard InChI is InChI=1S/C21H20F4N2O/c22-18-5-7-19(8-6-18)27-11-10-16(14-27)13-26-20(28)9-4-15-2-1-3-17(12-15)21(23,24)25/h1-9,12,16H,10-11,13-14H2,(H,26,28)/b9-4+. The van der Waals surface area contributed by atoms with Crippen molar-refractivity contribution in [2.75, 3.05) is 24.5 Å². The predicted octanol–water partition coefficient (Wildman–Crippen LogP) is 4.50. The third-order valence-corrected chi connectivity index (χ3v) is 4.68. The molecule has 1 amide bonds. The molecule has 7 heteroatoms. The highest BCUT2D eigenvalue weighted by Crippen LogP contribution is 2.29. The fraction of sp³-hybridized carbons (Fsp3) is 0.286. The molecule has 1 atom stereocenters. The van der Waals surface area contributed by atoms with E-state index in [1.165, 1.54) is 36.4 Å². The molecule has 0 aromatic heterocycles. The van der Waals surface area contributed by atoms with Crippen molar-refractivity contribution in [1.29, 1.82) is 0 Å². The van der Waals surface area contributed by atoms with Crippen molar-refractivity contribution in [1.82, 2.24) is 5.32 Å². The van der Waals surface area contributed by atoms with Crippen LogP contribution in [-0.2, 0) is 11.0 Å². The lowest BCUT2D eigenvalue weighted by molar-refractivity contribution is -0.137. The molecule has 2 aromatic rings. The zero-order valence-corrected chi connectivity index (χ0v) is 15.0. The molecule has 0 aliphatic carbocycles. The lowest BCUT2D eigenvalue weighted by Gasteiger charge is -2.18. The highest BCUT2D eigenvalue weighted by Gasteiger charge is 2.30. The van der Waals surface area contributed by atoms with Gasteiger partial charge in [0.1, 0.15) is 5.82 Å². The van der Waals surface area contributed by atoms with Crippen LogP contribution >= 0.6 is 0 Å². The van der Waals surface area contributed by atoms with Gasteiger partial charge in [-0.3, -0.25) is 4.79 Å². The number of benzene rings is 2. The molecule has 1 heterocycles. The Kier molecular flexibility index (Phi) is 6.02. The molecule has 1 saturated heterocycles. The molecule has 148 valence electrons. The molecule has 0 saturated carbocycles. The molecule has 28 heavy (non-hydrogen) atoms. The van der Waals surface area contributed by atoms with Crippen molar-refractivity contribution < 1.29 is 22.4 Å². The molecule has 1 aliphatic heterocycles. The zero-order chi connectivity index (χ0) is 20.1. The van der Waals surface area contributed by atoms with Crippen LogP contribution in [0.4, 0.5) is 23.2 Å². The summed E-state index contributed by atoms with van der Waals surface area (Å²) < 4.78 is 51.1. The number of rotatable bonds is 5. The van der Waals surface area contributed by atoms with Crippen LogP contribution in [-0.4, -0.2) is 25.5 Å². The van der Waals surface area contributed by atoms with Crippen molar-refractivity contribution in [3.63, 3.8) is 0 Å². The van der Waals surface area contributed by atoms with Crippen molar-refractivity contribution in [2.24, 2.45) is 5.92 Å². The van der Waals surface area contributed by atoms with Gasteiger partial charge in [0.25, 0.3) is 0 Å². The van der Waals surface area contributed by atoms with Gasteiger partial charge in [0.05, 0.1) is 5.56 Å². The highest BCUT2D eigenvalue weighted by molar-refractivity contribution is 5.91. The average molecular weight is 392 g/mol. The summed E-state index contributed by atoms with van der Waals surface area (Å²) in [7, 11) is 0. The van der Waals surface area contributed by atoms with Crippen LogP contribution < -0.4 is 10.2 Å². The summed E-state index contributed by atoms with van der Waals surface area (Å²) in [6.07, 6.45) is -0.911. The van der Waals surface area contributed by atoms with Gasteiger partial charge < -0.3 is 10.2 Å². The molecule has 1 N–H and O–H groups in total. The van der Waals surface area contributed by atoms with E-state index in [-0.39, 0.29) is 17.6 Å². The maximum absolute atomic E-state index is 13.0. The van der Waals surface area contributed by atoms with Gasteiger partial charge in [-0.2, -0.15) is 13.2 Å². The third kappa shape index (κ3) is 5.34. The smallest absolute Gasteiger partial charge is 0.371 e. The molecule has 0 bridgehead atoms. The minimum Gasteiger partial charge on any atom is -0.371 e. The lowest BCUT2D eigenvalue weighted by atomic mass is 10.1. The van der Waals surface area contributed by atoms with E-state index in [9.17, 15) is 22.4 Å². The Bertz CT molecular complexity index is 846. The fourth-order valence-electron chi connectivity index (χ4n) is 3.18. The van der Waals surface area contributed by atoms with Gasteiger partial charge in [-0.05, 0) is 60.4 Å². The quantitative estimate of drug-likeness (QED) is 0.600. The second kappa shape index (κ2) is 8.46. The van der Waals surface area contributed by atoms with E-state index < -0.39 is 11.7 Å². The second-order valence-corrected chi connectivity index (χ2v) is 6.78. The normalized spacial score (nSPS) is 17.3. The van der Waals surface area contributed by atoms with Crippen LogP contribution in [0.1, 0.15) is 17.5 Å². The van der Waals surface area contributed by atoms with Gasteiger partial charge in [0, 0.05) is 31.4 Å². The Morgan fingerprint density at radius 1 is 1.18 bits per heavy atom. The molecular formula is C21H20F4N2O. The summed E-state index contributed by atoms with van der Waals surface area (Å²) in [4.78, 5) is 14.1. The molecule has 3 rings (SSSR count). The third-order valence-electron chi connectivity index (χ3n) is 4.68. The van der Waals surface area contributed by atoms with Crippen molar-refractivity contribution >= 4 is 17.7 Å². The van der Waals surface area contributed by atoms with Crippen LogP contribution in [0.5, 0.6) is 0 Å². The van der Waals surface area contributed by atoms with Crippen molar-refractivity contribution in [3.05, 3.63) is 71.6 Å². The maximum Gasteiger partial charge on any atom is 0.416 e. The number of alkyl halides is 3. The minimum atomic E-state index is -4.41. The number of hydrogen-bond acceptors (Lipinski definition) is 2. The Labute approximate surface area is 160 Å². The number of nitrogens with one attached hydrogen (secondary N) is 1. The largest absolute Gasteiger partial charge is 0.416 e. The van der Waals surface area contributed by atoms with Crippen LogP contribution in [0.2, 0.25) is 0 Å². The molecule has 1 aliphatic rings. The fourth-order valence-corrected chi connectivity index (χ4v) is 3.18. The Hall–Kier alpha value is -2.83. The first-order valence-electron chi connectivity index (χ1n) is 8.95. The van der Waals surface area contributed by atoms with Gasteiger partial charge in [0.2, 0.25) is 5.91 Å². The monoisotopic (exact) mass is 392 g/mol. The maximum atomic E-state index is 13.0. The van der Waals surface area contributed by atoms with Crippen molar-refractivity contribution in [2.45, 2.75) is 12.6 Å². The summed E-state index contributed by atoms with van der Waals surface area (Å²) in [5, 5.41) is 2.79. The number of halogens is 4. The summed E-state index contributed by atoms with van der Waals surface area (Å²) in [5.74, 6) is -0.368. The molecule has 1 fully saturated rings. The van der Waals surface area contributed by atoms with Gasteiger partial charge in [-0.15, -0.1) is 0 Å². The van der Waals surface area contributed by atoms with Gasteiger partial charge >= 0.3 is 6.18 Å². The Morgan fingerprint density at radius 3 is 2.64 bits per heavy atom. The van der Waals surface area contributed by atoms with Crippen LogP contribution in [0.25, 0.3) is 6.08 Å². The first kappa shape index (κ1) is 19.9. The van der Waals surface area contributed by atoms with Gasteiger partial charge in [0.15, 0.2) is 0 Å². The number of nitrogens with zero attached hydrogens (tertiary/aromatic N) is 1. The highest BCUT2D eigenvalue weighted by atomic mass is 19.4. The Balaban J connectivity index is 1.48. The summed E-state index contributed by atoms with van der Waals surface area (Å²) >= 11 is 0. The minimum absolute atomic E-state index is 0.260. The number of hydrogen-bond donors (Lipinski definition) is 1. The van der Waals surface area contributed by atoms with E-state index in [1.54, 1.807) is 12.1 Å². The molecule has 1 unspecified atom stereocenters. The van der Waals surface area contributed by atoms with E-state index in [0.29, 0.717) is 12.1 Å². The number of anilines is 1. The van der Waals surface area contributed by atoms with Crippen LogP contribution in [0.15, 0.2) is 54.6 Å². The van der Waals surface area contributed by atoms with Crippen LogP contribution in [0, 0.1) is 11.7 Å². The lowest BCUT2D eigenvalue weighted by Crippen LogP contribution is -2.29. The van der Waals surface area contributed by atoms with E-state index in [2.05, 4.69) is 10.2 Å². The number of amides is 1. The van der Waals surface area contributed by atoms with E-state index >= 15 is 0 Å². The molecule has 0 radical (unpaired) electrons. The summed E-state index contributed by atoms with van der Waals surface area (Å²) in [6.45, 7) is 2.05. The van der Waals surface area contributed by atoms with E-state index in [0.717, 1.165) is 37.3 Å². The van der Waals surface area contributed by atoms with Crippen LogP contribution in [0.3, 0.4) is 0 Å². The van der Waals surface area contributed by atoms with E-state index in [1.807, 2.05) is 0 Å². The Morgan fingerprint density at radius 2 is 1.93 bits per heavy atom. The van der Waals surface area contributed by atoms with Gasteiger partial charge in [-0.1, -0.05) is 12.1 Å². The number of carbonyl (C=O) groups excluding carboxylic acids is 1. The topological polar surface area (TPSA) is 32.3 Å². The SMILES string of the molecule is O=C(/C=C/c1cccc(C(F)(F)F)c1)NCC1CCN(c2ccc(F)cc2)C1. The molecule has 3 nitrogen and oxygen atoms in total. The molecular weight excluding hydrogens is 372 g/mol. The summed E-state index contributed by atoms with van der Waals surface area (Å²) in [6, 6.07) is 11.1. The summed E-state index contributed by atoms with van der Waals surface area (Å²) in [5.41, 5.74) is 0.509.